The first kappa shape index (κ1) is 18.0. The monoisotopic (exact) mass is 358 g/mol. The number of azo groups is 1. The van der Waals surface area contributed by atoms with Crippen molar-refractivity contribution in [3.8, 4) is 0 Å². The SMILES string of the molecule is O=C(CNC(=O)c1ccccc1)Nc1ccc(N=Nc2ccccc2)cc1. The maximum atomic E-state index is 12.0. The molecule has 3 rings (SSSR count). The van der Waals surface area contributed by atoms with E-state index in [9.17, 15) is 9.59 Å². The number of anilines is 1. The maximum Gasteiger partial charge on any atom is 0.251 e. The average molecular weight is 358 g/mol. The van der Waals surface area contributed by atoms with Crippen LogP contribution in [0.4, 0.5) is 17.1 Å². The third kappa shape index (κ3) is 5.61. The summed E-state index contributed by atoms with van der Waals surface area (Å²) in [6, 6.07) is 25.1. The van der Waals surface area contributed by atoms with Crippen molar-refractivity contribution in [3.63, 3.8) is 0 Å². The molecule has 3 aromatic rings. The minimum absolute atomic E-state index is 0.108. The standard InChI is InChI=1S/C21H18N4O2/c26-20(15-22-21(27)16-7-3-1-4-8-16)23-17-11-13-19(14-12-17)25-24-18-9-5-2-6-10-18/h1-14H,15H2,(H,22,27)(H,23,26). The molecule has 2 N–H and O–H groups in total. The van der Waals surface area contributed by atoms with Gasteiger partial charge in [0.05, 0.1) is 17.9 Å². The summed E-state index contributed by atoms with van der Waals surface area (Å²) in [6.45, 7) is -0.108. The lowest BCUT2D eigenvalue weighted by Crippen LogP contribution is -2.32. The van der Waals surface area contributed by atoms with E-state index in [4.69, 9.17) is 0 Å². The van der Waals surface area contributed by atoms with Gasteiger partial charge in [0.1, 0.15) is 0 Å². The van der Waals surface area contributed by atoms with Gasteiger partial charge in [-0.25, -0.2) is 0 Å². The summed E-state index contributed by atoms with van der Waals surface area (Å²) >= 11 is 0. The molecule has 0 fully saturated rings. The Kier molecular flexibility index (Phi) is 6.04. The fourth-order valence-corrected chi connectivity index (χ4v) is 2.28. The van der Waals surface area contributed by atoms with Crippen molar-refractivity contribution >= 4 is 28.9 Å². The zero-order valence-electron chi connectivity index (χ0n) is 14.5. The van der Waals surface area contributed by atoms with Gasteiger partial charge < -0.3 is 10.6 Å². The lowest BCUT2D eigenvalue weighted by Gasteiger charge is -2.07. The average Bonchev–Trinajstić information content (AvgIpc) is 2.73. The van der Waals surface area contributed by atoms with E-state index in [2.05, 4.69) is 20.9 Å². The van der Waals surface area contributed by atoms with Crippen molar-refractivity contribution in [2.24, 2.45) is 10.2 Å². The zero-order chi connectivity index (χ0) is 18.9. The highest BCUT2D eigenvalue weighted by atomic mass is 16.2. The van der Waals surface area contributed by atoms with Crippen LogP contribution in [0.1, 0.15) is 10.4 Å². The second kappa shape index (κ2) is 9.05. The molecule has 6 heteroatoms. The molecule has 0 saturated heterocycles. The second-order valence-corrected chi connectivity index (χ2v) is 5.68. The summed E-state index contributed by atoms with van der Waals surface area (Å²) in [5.41, 5.74) is 2.57. The van der Waals surface area contributed by atoms with Crippen molar-refractivity contribution in [1.82, 2.24) is 5.32 Å². The van der Waals surface area contributed by atoms with Crippen LogP contribution >= 0.6 is 0 Å². The normalized spacial score (nSPS) is 10.5. The maximum absolute atomic E-state index is 12.0. The number of hydrogen-bond acceptors (Lipinski definition) is 4. The number of hydrogen-bond donors (Lipinski definition) is 2. The fraction of sp³-hybridized carbons (Fsp3) is 0.0476. The van der Waals surface area contributed by atoms with E-state index in [-0.39, 0.29) is 18.4 Å². The third-order valence-electron chi connectivity index (χ3n) is 3.63. The Labute approximate surface area is 157 Å². The molecule has 0 aliphatic rings. The van der Waals surface area contributed by atoms with Crippen LogP contribution in [-0.4, -0.2) is 18.4 Å². The number of rotatable bonds is 6. The third-order valence-corrected chi connectivity index (χ3v) is 3.63. The molecule has 0 heterocycles. The van der Waals surface area contributed by atoms with Gasteiger partial charge in [-0.3, -0.25) is 9.59 Å². The molecule has 0 aliphatic carbocycles. The lowest BCUT2D eigenvalue weighted by molar-refractivity contribution is -0.115. The molecule has 0 aromatic heterocycles. The van der Waals surface area contributed by atoms with Crippen molar-refractivity contribution in [2.75, 3.05) is 11.9 Å². The van der Waals surface area contributed by atoms with Crippen molar-refractivity contribution in [2.45, 2.75) is 0 Å². The Bertz CT molecular complexity index is 923. The van der Waals surface area contributed by atoms with E-state index in [0.29, 0.717) is 16.9 Å². The summed E-state index contributed by atoms with van der Waals surface area (Å²) in [5, 5.41) is 13.6. The number of amides is 2. The number of benzene rings is 3. The molecule has 3 aromatic carbocycles. The zero-order valence-corrected chi connectivity index (χ0v) is 14.5. The van der Waals surface area contributed by atoms with E-state index in [1.807, 2.05) is 36.4 Å². The molecule has 6 nitrogen and oxygen atoms in total. The predicted octanol–water partition coefficient (Wildman–Crippen LogP) is 4.47. The molecule has 0 atom stereocenters. The van der Waals surface area contributed by atoms with Gasteiger partial charge in [0.15, 0.2) is 0 Å². The van der Waals surface area contributed by atoms with Gasteiger partial charge >= 0.3 is 0 Å². The van der Waals surface area contributed by atoms with E-state index < -0.39 is 0 Å². The summed E-state index contributed by atoms with van der Waals surface area (Å²) < 4.78 is 0. The van der Waals surface area contributed by atoms with Crippen molar-refractivity contribution in [3.05, 3.63) is 90.5 Å². The summed E-state index contributed by atoms with van der Waals surface area (Å²) in [5.74, 6) is -0.597. The molecular weight excluding hydrogens is 340 g/mol. The van der Waals surface area contributed by atoms with Crippen LogP contribution in [0.3, 0.4) is 0 Å². The molecule has 0 spiro atoms. The molecule has 0 unspecified atom stereocenters. The minimum atomic E-state index is -0.307. The molecule has 0 aliphatic heterocycles. The summed E-state index contributed by atoms with van der Waals surface area (Å²) in [4.78, 5) is 23.9. The van der Waals surface area contributed by atoms with Gasteiger partial charge in [0.25, 0.3) is 5.91 Å². The van der Waals surface area contributed by atoms with Gasteiger partial charge in [-0.15, -0.1) is 0 Å². The summed E-state index contributed by atoms with van der Waals surface area (Å²) in [6.07, 6.45) is 0. The van der Waals surface area contributed by atoms with E-state index >= 15 is 0 Å². The van der Waals surface area contributed by atoms with Gasteiger partial charge in [-0.2, -0.15) is 10.2 Å². The first-order valence-corrected chi connectivity index (χ1v) is 8.41. The molecule has 134 valence electrons. The number of carbonyl (C=O) groups excluding carboxylic acids is 2. The largest absolute Gasteiger partial charge is 0.343 e. The van der Waals surface area contributed by atoms with Crippen LogP contribution in [0.2, 0.25) is 0 Å². The fourth-order valence-electron chi connectivity index (χ4n) is 2.28. The smallest absolute Gasteiger partial charge is 0.251 e. The Morgan fingerprint density at radius 3 is 1.89 bits per heavy atom. The van der Waals surface area contributed by atoms with Gasteiger partial charge in [0.2, 0.25) is 5.91 Å². The lowest BCUT2D eigenvalue weighted by atomic mass is 10.2. The Balaban J connectivity index is 1.50. The molecule has 0 saturated carbocycles. The van der Waals surface area contributed by atoms with Crippen LogP contribution in [0.5, 0.6) is 0 Å². The first-order chi connectivity index (χ1) is 13.2. The van der Waals surface area contributed by atoms with Gasteiger partial charge in [0, 0.05) is 11.3 Å². The number of nitrogens with zero attached hydrogens (tertiary/aromatic N) is 2. The van der Waals surface area contributed by atoms with E-state index in [1.54, 1.807) is 48.5 Å². The number of nitrogens with one attached hydrogen (secondary N) is 2. The van der Waals surface area contributed by atoms with Crippen LogP contribution in [-0.2, 0) is 4.79 Å². The highest BCUT2D eigenvalue weighted by Gasteiger charge is 2.07. The quantitative estimate of drug-likeness (QED) is 0.637. The predicted molar refractivity (Wildman–Crippen MR) is 104 cm³/mol. The molecular formula is C21H18N4O2. The topological polar surface area (TPSA) is 82.9 Å². The van der Waals surface area contributed by atoms with Crippen LogP contribution < -0.4 is 10.6 Å². The molecule has 27 heavy (non-hydrogen) atoms. The summed E-state index contributed by atoms with van der Waals surface area (Å²) in [7, 11) is 0. The van der Waals surface area contributed by atoms with Crippen LogP contribution in [0.25, 0.3) is 0 Å². The van der Waals surface area contributed by atoms with Crippen LogP contribution in [0, 0.1) is 0 Å². The van der Waals surface area contributed by atoms with Crippen molar-refractivity contribution in [1.29, 1.82) is 0 Å². The molecule has 0 radical (unpaired) electrons. The highest BCUT2D eigenvalue weighted by Crippen LogP contribution is 2.19. The van der Waals surface area contributed by atoms with E-state index in [0.717, 1.165) is 5.69 Å². The number of carbonyl (C=O) groups is 2. The second-order valence-electron chi connectivity index (χ2n) is 5.68. The highest BCUT2D eigenvalue weighted by molar-refractivity contribution is 5.99. The Hall–Kier alpha value is -3.80. The minimum Gasteiger partial charge on any atom is -0.343 e. The Morgan fingerprint density at radius 2 is 1.26 bits per heavy atom. The first-order valence-electron chi connectivity index (χ1n) is 8.41. The molecule has 2 amide bonds. The van der Waals surface area contributed by atoms with E-state index in [1.165, 1.54) is 0 Å². The Morgan fingerprint density at radius 1 is 0.704 bits per heavy atom. The van der Waals surface area contributed by atoms with Gasteiger partial charge in [-0.1, -0.05) is 36.4 Å². The molecule has 0 bridgehead atoms. The van der Waals surface area contributed by atoms with Gasteiger partial charge in [-0.05, 0) is 48.5 Å². The van der Waals surface area contributed by atoms with Crippen molar-refractivity contribution < 1.29 is 9.59 Å². The van der Waals surface area contributed by atoms with Crippen LogP contribution in [0.15, 0.2) is 95.2 Å².